The summed E-state index contributed by atoms with van der Waals surface area (Å²) in [6.07, 6.45) is 0.953. The van der Waals surface area contributed by atoms with Gasteiger partial charge in [0.25, 0.3) is 15.7 Å². The fourth-order valence-electron chi connectivity index (χ4n) is 2.16. The SMILES string of the molecule is COc1cc(C=NNS(=O)(=O)c2ccc(C)c([N+](=O)[O-])c2)cc([N+](=O)[O-])c1O. The van der Waals surface area contributed by atoms with Crippen LogP contribution in [0.1, 0.15) is 11.1 Å². The number of nitro groups is 2. The second-order valence-corrected chi connectivity index (χ2v) is 7.07. The topological polar surface area (TPSA) is 174 Å². The highest BCUT2D eigenvalue weighted by atomic mass is 32.2. The number of sulfonamides is 1. The summed E-state index contributed by atoms with van der Waals surface area (Å²) in [5.74, 6) is -0.884. The summed E-state index contributed by atoms with van der Waals surface area (Å²) >= 11 is 0. The summed E-state index contributed by atoms with van der Waals surface area (Å²) < 4.78 is 29.3. The van der Waals surface area contributed by atoms with Gasteiger partial charge in [0.1, 0.15) is 0 Å². The van der Waals surface area contributed by atoms with Crippen molar-refractivity contribution in [3.63, 3.8) is 0 Å². The molecule has 0 aliphatic rings. The number of aryl methyl sites for hydroxylation is 1. The van der Waals surface area contributed by atoms with Gasteiger partial charge in [0, 0.05) is 23.3 Å². The van der Waals surface area contributed by atoms with Crippen LogP contribution in [0, 0.1) is 27.2 Å². The fourth-order valence-corrected chi connectivity index (χ4v) is 2.97. The van der Waals surface area contributed by atoms with E-state index >= 15 is 0 Å². The second kappa shape index (κ2) is 7.87. The molecule has 0 aromatic heterocycles. The molecule has 0 bridgehead atoms. The van der Waals surface area contributed by atoms with Gasteiger partial charge < -0.3 is 9.84 Å². The van der Waals surface area contributed by atoms with Crippen molar-refractivity contribution in [2.24, 2.45) is 5.10 Å². The summed E-state index contributed by atoms with van der Waals surface area (Å²) in [4.78, 5) is 21.8. The summed E-state index contributed by atoms with van der Waals surface area (Å²) in [6.45, 7) is 1.46. The van der Waals surface area contributed by atoms with Gasteiger partial charge in [-0.3, -0.25) is 20.2 Å². The number of rotatable bonds is 7. The van der Waals surface area contributed by atoms with E-state index in [9.17, 15) is 33.8 Å². The van der Waals surface area contributed by atoms with Crippen molar-refractivity contribution in [1.82, 2.24) is 4.83 Å². The summed E-state index contributed by atoms with van der Waals surface area (Å²) in [5.41, 5.74) is -0.668. The molecule has 0 heterocycles. The Hall–Kier alpha value is -3.74. The van der Waals surface area contributed by atoms with Gasteiger partial charge in [0.15, 0.2) is 5.75 Å². The first-order valence-corrected chi connectivity index (χ1v) is 8.90. The van der Waals surface area contributed by atoms with E-state index in [4.69, 9.17) is 4.74 Å². The van der Waals surface area contributed by atoms with Gasteiger partial charge >= 0.3 is 5.69 Å². The normalized spacial score (nSPS) is 11.4. The van der Waals surface area contributed by atoms with Gasteiger partial charge in [-0.15, -0.1) is 0 Å². The number of nitro benzene ring substituents is 2. The van der Waals surface area contributed by atoms with Gasteiger partial charge in [-0.1, -0.05) is 6.07 Å². The van der Waals surface area contributed by atoms with Crippen molar-refractivity contribution in [1.29, 1.82) is 0 Å². The van der Waals surface area contributed by atoms with Crippen molar-refractivity contribution in [2.45, 2.75) is 11.8 Å². The second-order valence-electron chi connectivity index (χ2n) is 5.41. The lowest BCUT2D eigenvalue weighted by molar-refractivity contribution is -0.386. The number of methoxy groups -OCH3 is 1. The molecule has 0 amide bonds. The quantitative estimate of drug-likeness (QED) is 0.395. The number of phenols is 1. The number of benzene rings is 2. The lowest BCUT2D eigenvalue weighted by atomic mass is 10.2. The van der Waals surface area contributed by atoms with E-state index in [1.807, 2.05) is 4.83 Å². The van der Waals surface area contributed by atoms with E-state index < -0.39 is 31.3 Å². The van der Waals surface area contributed by atoms with Gasteiger partial charge in [-0.05, 0) is 19.1 Å². The number of ether oxygens (including phenoxy) is 1. The van der Waals surface area contributed by atoms with Gasteiger partial charge in [0.05, 0.1) is 28.1 Å². The minimum absolute atomic E-state index is 0.0685. The van der Waals surface area contributed by atoms with Gasteiger partial charge in [0.2, 0.25) is 5.75 Å². The summed E-state index contributed by atoms with van der Waals surface area (Å²) in [7, 11) is -3.03. The third-order valence-corrected chi connectivity index (χ3v) is 4.79. The number of phenolic OH excluding ortho intramolecular Hbond substituents is 1. The molecule has 0 saturated carbocycles. The average Bonchev–Trinajstić information content (AvgIpc) is 2.62. The highest BCUT2D eigenvalue weighted by Crippen LogP contribution is 2.36. The molecule has 2 N–H and O–H groups in total. The molecular formula is C15H14N4O8S. The maximum absolute atomic E-state index is 12.2. The van der Waals surface area contributed by atoms with Crippen LogP contribution in [0.2, 0.25) is 0 Å². The standard InChI is InChI=1S/C15H14N4O8S/c1-9-3-4-11(7-12(9)18(21)22)28(25,26)17-16-8-10-5-13(19(23)24)15(20)14(6-10)27-2/h3-8,17,20H,1-2H3. The van der Waals surface area contributed by atoms with Crippen LogP contribution in [0.3, 0.4) is 0 Å². The zero-order chi connectivity index (χ0) is 21.1. The molecule has 0 aliphatic heterocycles. The largest absolute Gasteiger partial charge is 0.500 e. The van der Waals surface area contributed by atoms with Crippen molar-refractivity contribution < 1.29 is 28.1 Å². The Labute approximate surface area is 158 Å². The molecule has 0 atom stereocenters. The van der Waals surface area contributed by atoms with Crippen LogP contribution >= 0.6 is 0 Å². The zero-order valence-electron chi connectivity index (χ0n) is 14.5. The van der Waals surface area contributed by atoms with Crippen LogP contribution < -0.4 is 9.57 Å². The Kier molecular flexibility index (Phi) is 5.78. The monoisotopic (exact) mass is 410 g/mol. The molecule has 2 rings (SSSR count). The van der Waals surface area contributed by atoms with Crippen molar-refractivity contribution in [2.75, 3.05) is 7.11 Å². The van der Waals surface area contributed by atoms with Crippen molar-refractivity contribution >= 4 is 27.6 Å². The zero-order valence-corrected chi connectivity index (χ0v) is 15.3. The Morgan fingerprint density at radius 2 is 1.79 bits per heavy atom. The first-order chi connectivity index (χ1) is 13.1. The van der Waals surface area contributed by atoms with E-state index in [0.29, 0.717) is 0 Å². The highest BCUT2D eigenvalue weighted by molar-refractivity contribution is 7.89. The predicted octanol–water partition coefficient (Wildman–Crippen LogP) is 1.84. The maximum Gasteiger partial charge on any atom is 0.315 e. The maximum atomic E-state index is 12.2. The molecular weight excluding hydrogens is 396 g/mol. The number of hydrogen-bond acceptors (Lipinski definition) is 9. The van der Waals surface area contributed by atoms with E-state index in [1.165, 1.54) is 32.2 Å². The third kappa shape index (κ3) is 4.32. The molecule has 0 fully saturated rings. The molecule has 0 unspecified atom stereocenters. The molecule has 0 spiro atoms. The van der Waals surface area contributed by atoms with Gasteiger partial charge in [-0.25, -0.2) is 4.83 Å². The lowest BCUT2D eigenvalue weighted by Crippen LogP contribution is -2.18. The average molecular weight is 410 g/mol. The molecule has 148 valence electrons. The molecule has 28 heavy (non-hydrogen) atoms. The number of hydrazone groups is 1. The fraction of sp³-hybridized carbons (Fsp3) is 0.133. The Balaban J connectivity index is 2.31. The Bertz CT molecular complexity index is 1080. The van der Waals surface area contributed by atoms with Crippen LogP contribution in [0.5, 0.6) is 11.5 Å². The Morgan fingerprint density at radius 1 is 1.14 bits per heavy atom. The minimum atomic E-state index is -4.22. The van der Waals surface area contributed by atoms with Crippen LogP contribution in [-0.2, 0) is 10.0 Å². The molecule has 13 heteroatoms. The molecule has 0 aliphatic carbocycles. The van der Waals surface area contributed by atoms with Crippen molar-refractivity contribution in [3.8, 4) is 11.5 Å². The molecule has 0 radical (unpaired) electrons. The first kappa shape index (κ1) is 20.6. The molecule has 2 aromatic carbocycles. The van der Waals surface area contributed by atoms with Crippen molar-refractivity contribution in [3.05, 3.63) is 61.7 Å². The number of aromatic hydroxyl groups is 1. The number of nitrogens with zero attached hydrogens (tertiary/aromatic N) is 3. The van der Waals surface area contributed by atoms with Crippen LogP contribution in [-0.4, -0.2) is 36.7 Å². The van der Waals surface area contributed by atoms with Crippen LogP contribution in [0.4, 0.5) is 11.4 Å². The number of hydrogen-bond donors (Lipinski definition) is 2. The van der Waals surface area contributed by atoms with E-state index in [0.717, 1.165) is 18.3 Å². The molecule has 0 saturated heterocycles. The molecule has 2 aromatic rings. The Morgan fingerprint density at radius 3 is 2.36 bits per heavy atom. The van der Waals surface area contributed by atoms with Crippen LogP contribution in [0.25, 0.3) is 0 Å². The molecule has 12 nitrogen and oxygen atoms in total. The first-order valence-electron chi connectivity index (χ1n) is 7.42. The summed E-state index contributed by atoms with van der Waals surface area (Å²) in [5, 5.41) is 35.1. The summed E-state index contributed by atoms with van der Waals surface area (Å²) in [6, 6.07) is 5.52. The predicted molar refractivity (Wildman–Crippen MR) is 97.1 cm³/mol. The lowest BCUT2D eigenvalue weighted by Gasteiger charge is -2.06. The van der Waals surface area contributed by atoms with E-state index in [1.54, 1.807) is 0 Å². The smallest absolute Gasteiger partial charge is 0.315 e. The highest BCUT2D eigenvalue weighted by Gasteiger charge is 2.21. The minimum Gasteiger partial charge on any atom is -0.500 e. The van der Waals surface area contributed by atoms with E-state index in [2.05, 4.69) is 5.10 Å². The van der Waals surface area contributed by atoms with Crippen LogP contribution in [0.15, 0.2) is 40.3 Å². The third-order valence-electron chi connectivity index (χ3n) is 3.57. The number of nitrogens with one attached hydrogen (secondary N) is 1. The van der Waals surface area contributed by atoms with Gasteiger partial charge in [-0.2, -0.15) is 13.5 Å². The van der Waals surface area contributed by atoms with E-state index in [-0.39, 0.29) is 27.5 Å².